The van der Waals surface area contributed by atoms with Crippen molar-refractivity contribution < 1.29 is 33.1 Å². The lowest BCUT2D eigenvalue weighted by atomic mass is 9.91. The number of hydrogen-bond donors (Lipinski definition) is 5. The van der Waals surface area contributed by atoms with Gasteiger partial charge in [-0.2, -0.15) is 0 Å². The highest BCUT2D eigenvalue weighted by Crippen LogP contribution is 2.19. The van der Waals surface area contributed by atoms with Gasteiger partial charge in [-0.15, -0.1) is 0 Å². The zero-order valence-electron chi connectivity index (χ0n) is 43.7. The van der Waals surface area contributed by atoms with Gasteiger partial charge >= 0.3 is 0 Å². The fraction of sp³-hybridized carbons (Fsp3) is 0.724. The molecule has 2 aromatic carbocycles. The second-order valence-corrected chi connectivity index (χ2v) is 20.7. The van der Waals surface area contributed by atoms with Gasteiger partial charge in [-0.25, -0.2) is 8.78 Å². The molecule has 3 amide bonds. The standard InChI is InChI=1S/C58H96F2N4O5/c1-5-7-9-11-13-15-17-19-21-23-25-27-32-36-54(66)63-52(42-48-41-50(59)38-39-51(48)60)49(44-65)43-61-45-58(3,4)46-62-57(69)56(68)53(40-47-34-30-29-31-35-47)64-55(67)37-33-28-26-24-22-20-18-16-14-12-10-8-6-2/h29-31,34-35,38-39,41,44,49,52-53,56,61,68H,5-28,32-33,36-37,40,42-43,45-46H2,1-4H3,(H,62,69)(H,63,66)(H,64,67). The smallest absolute Gasteiger partial charge is 0.251 e. The second-order valence-electron chi connectivity index (χ2n) is 20.7. The van der Waals surface area contributed by atoms with Gasteiger partial charge in [0, 0.05) is 44.4 Å². The summed E-state index contributed by atoms with van der Waals surface area (Å²) in [5.74, 6) is -2.97. The molecule has 0 heterocycles. The van der Waals surface area contributed by atoms with Crippen LogP contribution in [-0.2, 0) is 32.0 Å². The lowest BCUT2D eigenvalue weighted by Crippen LogP contribution is -2.53. The Kier molecular flexibility index (Phi) is 34.7. The summed E-state index contributed by atoms with van der Waals surface area (Å²) >= 11 is 0. The number of hydrogen-bond acceptors (Lipinski definition) is 6. The molecule has 0 spiro atoms. The number of aliphatic hydroxyl groups excluding tert-OH is 1. The van der Waals surface area contributed by atoms with Crippen LogP contribution in [0, 0.1) is 23.0 Å². The zero-order chi connectivity index (χ0) is 50.4. The van der Waals surface area contributed by atoms with Crippen LogP contribution < -0.4 is 21.3 Å². The van der Waals surface area contributed by atoms with E-state index in [2.05, 4.69) is 35.1 Å². The van der Waals surface area contributed by atoms with Gasteiger partial charge in [-0.3, -0.25) is 14.4 Å². The Morgan fingerprint density at radius 3 is 1.51 bits per heavy atom. The van der Waals surface area contributed by atoms with Crippen molar-refractivity contribution in [2.75, 3.05) is 19.6 Å². The van der Waals surface area contributed by atoms with Crippen LogP contribution >= 0.6 is 0 Å². The molecule has 0 aliphatic rings. The maximum Gasteiger partial charge on any atom is 0.251 e. The number of unbranched alkanes of at least 4 members (excludes halogenated alkanes) is 24. The summed E-state index contributed by atoms with van der Waals surface area (Å²) in [6.07, 6.45) is 31.4. The van der Waals surface area contributed by atoms with Gasteiger partial charge in [0.25, 0.3) is 5.91 Å². The maximum absolute atomic E-state index is 14.8. The normalized spacial score (nSPS) is 13.4. The molecule has 4 unspecified atom stereocenters. The van der Waals surface area contributed by atoms with E-state index in [1.807, 2.05) is 44.2 Å². The highest BCUT2D eigenvalue weighted by atomic mass is 19.1. The van der Waals surface area contributed by atoms with Crippen molar-refractivity contribution in [3.8, 4) is 0 Å². The molecule has 11 heteroatoms. The number of amides is 3. The molecule has 0 fully saturated rings. The van der Waals surface area contributed by atoms with E-state index in [-0.39, 0.29) is 49.7 Å². The molecule has 2 rings (SSSR count). The third-order valence-corrected chi connectivity index (χ3v) is 13.5. The average molecular weight is 967 g/mol. The van der Waals surface area contributed by atoms with Crippen molar-refractivity contribution in [1.29, 1.82) is 0 Å². The van der Waals surface area contributed by atoms with Crippen molar-refractivity contribution in [2.24, 2.45) is 11.3 Å². The van der Waals surface area contributed by atoms with Crippen LogP contribution in [0.4, 0.5) is 8.78 Å². The Morgan fingerprint density at radius 2 is 1.04 bits per heavy atom. The molecule has 0 saturated heterocycles. The molecule has 0 radical (unpaired) electrons. The minimum absolute atomic E-state index is 0.0591. The van der Waals surface area contributed by atoms with Gasteiger partial charge in [-0.05, 0) is 60.4 Å². The highest BCUT2D eigenvalue weighted by Gasteiger charge is 2.30. The van der Waals surface area contributed by atoms with E-state index in [4.69, 9.17) is 0 Å². The van der Waals surface area contributed by atoms with Gasteiger partial charge in [-0.1, -0.05) is 212 Å². The number of aldehydes is 1. The van der Waals surface area contributed by atoms with Gasteiger partial charge in [0.05, 0.1) is 6.04 Å². The van der Waals surface area contributed by atoms with Crippen LogP contribution in [0.15, 0.2) is 48.5 Å². The Bertz CT molecular complexity index is 1640. The summed E-state index contributed by atoms with van der Waals surface area (Å²) in [7, 11) is 0. The van der Waals surface area contributed by atoms with E-state index in [1.54, 1.807) is 0 Å². The average Bonchev–Trinajstić information content (AvgIpc) is 3.33. The predicted molar refractivity (Wildman–Crippen MR) is 280 cm³/mol. The monoisotopic (exact) mass is 967 g/mol. The van der Waals surface area contributed by atoms with E-state index in [0.29, 0.717) is 19.4 Å². The number of carbonyl (C=O) groups is 4. The zero-order valence-corrected chi connectivity index (χ0v) is 43.7. The quantitative estimate of drug-likeness (QED) is 0.0331. The van der Waals surface area contributed by atoms with Crippen molar-refractivity contribution in [1.82, 2.24) is 21.3 Å². The van der Waals surface area contributed by atoms with Crippen LogP contribution in [0.25, 0.3) is 0 Å². The fourth-order valence-corrected chi connectivity index (χ4v) is 9.06. The molecule has 4 atom stereocenters. The summed E-state index contributed by atoms with van der Waals surface area (Å²) in [4.78, 5) is 52.4. The topological polar surface area (TPSA) is 137 Å². The Morgan fingerprint density at radius 1 is 0.594 bits per heavy atom. The highest BCUT2D eigenvalue weighted by molar-refractivity contribution is 5.83. The number of nitrogens with one attached hydrogen (secondary N) is 4. The number of benzene rings is 2. The molecule has 2 aromatic rings. The molecule has 0 aliphatic heterocycles. The summed E-state index contributed by atoms with van der Waals surface area (Å²) in [5.41, 5.74) is 0.423. The molecular weight excluding hydrogens is 871 g/mol. The minimum atomic E-state index is -1.49. The molecule has 69 heavy (non-hydrogen) atoms. The predicted octanol–water partition coefficient (Wildman–Crippen LogP) is 12.6. The molecule has 0 bridgehead atoms. The number of rotatable bonds is 44. The van der Waals surface area contributed by atoms with Crippen molar-refractivity contribution >= 4 is 24.0 Å². The molecule has 392 valence electrons. The van der Waals surface area contributed by atoms with Crippen molar-refractivity contribution in [3.05, 3.63) is 71.3 Å². The molecular formula is C58H96F2N4O5. The molecule has 0 aromatic heterocycles. The van der Waals surface area contributed by atoms with E-state index >= 15 is 0 Å². The first-order valence-corrected chi connectivity index (χ1v) is 27.6. The third kappa shape index (κ3) is 30.6. The van der Waals surface area contributed by atoms with Crippen LogP contribution in [0.2, 0.25) is 0 Å². The second kappa shape index (κ2) is 39.0. The van der Waals surface area contributed by atoms with Crippen LogP contribution in [0.1, 0.15) is 219 Å². The van der Waals surface area contributed by atoms with E-state index < -0.39 is 47.1 Å². The molecule has 0 aliphatic carbocycles. The fourth-order valence-electron chi connectivity index (χ4n) is 9.06. The van der Waals surface area contributed by atoms with Gasteiger partial charge in [0.1, 0.15) is 17.9 Å². The third-order valence-electron chi connectivity index (χ3n) is 13.5. The summed E-state index contributed by atoms with van der Waals surface area (Å²) < 4.78 is 29.1. The number of aliphatic hydroxyl groups is 1. The van der Waals surface area contributed by atoms with E-state index in [1.165, 1.54) is 122 Å². The van der Waals surface area contributed by atoms with Crippen LogP contribution in [0.5, 0.6) is 0 Å². The van der Waals surface area contributed by atoms with E-state index in [0.717, 1.165) is 68.6 Å². The first-order valence-electron chi connectivity index (χ1n) is 27.6. The lowest BCUT2D eigenvalue weighted by Gasteiger charge is -2.30. The minimum Gasteiger partial charge on any atom is -0.381 e. The molecule has 5 N–H and O–H groups in total. The Balaban J connectivity index is 1.86. The molecule has 9 nitrogen and oxygen atoms in total. The van der Waals surface area contributed by atoms with Crippen molar-refractivity contribution in [3.63, 3.8) is 0 Å². The van der Waals surface area contributed by atoms with Gasteiger partial charge in [0.2, 0.25) is 11.8 Å². The Labute approximate surface area is 417 Å². The summed E-state index contributed by atoms with van der Waals surface area (Å²) in [5, 5.41) is 23.4. The van der Waals surface area contributed by atoms with Crippen molar-refractivity contribution in [2.45, 2.75) is 239 Å². The summed E-state index contributed by atoms with van der Waals surface area (Å²) in [6, 6.07) is 11.1. The number of halogens is 2. The van der Waals surface area contributed by atoms with Crippen LogP contribution in [0.3, 0.4) is 0 Å². The summed E-state index contributed by atoms with van der Waals surface area (Å²) in [6.45, 7) is 9.02. The maximum atomic E-state index is 14.8. The largest absolute Gasteiger partial charge is 0.381 e. The van der Waals surface area contributed by atoms with Gasteiger partial charge < -0.3 is 31.2 Å². The van der Waals surface area contributed by atoms with E-state index in [9.17, 15) is 33.1 Å². The van der Waals surface area contributed by atoms with Crippen LogP contribution in [-0.4, -0.2) is 66.9 Å². The Hall–Kier alpha value is -3.70. The lowest BCUT2D eigenvalue weighted by molar-refractivity contribution is -0.132. The van der Waals surface area contributed by atoms with Gasteiger partial charge in [0.15, 0.2) is 6.10 Å². The first-order chi connectivity index (χ1) is 33.4. The SMILES string of the molecule is CCCCCCCCCCCCCCCC(=O)NC(Cc1cc(F)ccc1F)C(C=O)CNCC(C)(C)CNC(=O)C(O)C(Cc1ccccc1)NC(=O)CCCCCCCCCCCCCCC. The number of carbonyl (C=O) groups excluding carboxylic acids is 4. The molecule has 0 saturated carbocycles. The first kappa shape index (κ1) is 61.4.